The Hall–Kier alpha value is -8.37. The van der Waals surface area contributed by atoms with Crippen LogP contribution in [-0.2, 0) is 54.7 Å². The van der Waals surface area contributed by atoms with E-state index in [0.717, 1.165) is 182 Å². The molecule has 131 heavy (non-hydrogen) atoms. The lowest BCUT2D eigenvalue weighted by atomic mass is 9.48. The first-order valence-corrected chi connectivity index (χ1v) is 51.3. The van der Waals surface area contributed by atoms with Crippen LogP contribution in [0, 0.1) is 146 Å². The van der Waals surface area contributed by atoms with E-state index in [1.165, 1.54) is 72.1 Å². The SMILES string of the molecule is C[C@@H]1CC2=CC(=O)CCC2C2CC[C@@]3(C)C(CC[C@@]3(O)c3cn(-c4ccccc4)nn3)C21.C[C@@H]1CC2=CC(=O)CCC2C2CC[C@@]3(C)C(CC[C@@]3(O)c3cn(C4CCCCC4)nn3)C21.C[C@@H]1CC2=CC(=O)CCC2C2CC[C@@]3(C)C(CC[C@@]3(O)c3cn(Cc4ccc(F)cc4)nn3)C21.C[C@@H]1CC2=CC(=O)CCC2C2CC[C@@]3(C)C(CC[C@@]3(O)c3cn(Cc4ccccc4)nn3)C21. The van der Waals surface area contributed by atoms with Gasteiger partial charge in [0.2, 0.25) is 0 Å². The number of nitrogens with zero attached hydrogens (tertiary/aromatic N) is 12. The summed E-state index contributed by atoms with van der Waals surface area (Å²) >= 11 is 0. The summed E-state index contributed by atoms with van der Waals surface area (Å²) in [6, 6.07) is 27.1. The smallest absolute Gasteiger partial charge is 0.155 e. The maximum absolute atomic E-state index is 13.3. The third-order valence-corrected chi connectivity index (χ3v) is 40.4. The summed E-state index contributed by atoms with van der Waals surface area (Å²) in [6.45, 7) is 19.9. The molecule has 16 unspecified atom stereocenters. The molecule has 28 atom stereocenters. The van der Waals surface area contributed by atoms with Crippen molar-refractivity contribution in [3.05, 3.63) is 196 Å². The summed E-state index contributed by atoms with van der Waals surface area (Å²) in [5, 5.41) is 84.3. The second kappa shape index (κ2) is 34.2. The Balaban J connectivity index is 0.000000106. The van der Waals surface area contributed by atoms with E-state index in [2.05, 4.69) is 120 Å². The number of aromatic nitrogens is 12. The molecule has 0 amide bonds. The maximum atomic E-state index is 13.3. The second-order valence-corrected chi connectivity index (χ2v) is 46.3. The van der Waals surface area contributed by atoms with Gasteiger partial charge in [-0.25, -0.2) is 23.1 Å². The van der Waals surface area contributed by atoms with Crippen LogP contribution in [0.3, 0.4) is 0 Å². The van der Waals surface area contributed by atoms with Crippen molar-refractivity contribution in [2.75, 3.05) is 0 Å². The molecule has 21 heteroatoms. The predicted octanol–water partition coefficient (Wildman–Crippen LogP) is 20.1. The van der Waals surface area contributed by atoms with Crippen LogP contribution in [0.4, 0.5) is 4.39 Å². The first kappa shape index (κ1) is 89.2. The average Bonchev–Trinajstić information content (AvgIpc) is 1.59. The van der Waals surface area contributed by atoms with E-state index in [1.807, 2.05) is 96.1 Å². The molecular weight excluding hydrogens is 1640 g/mol. The zero-order valence-electron chi connectivity index (χ0n) is 78.7. The Morgan fingerprint density at radius 1 is 0.351 bits per heavy atom. The first-order valence-electron chi connectivity index (χ1n) is 51.3. The van der Waals surface area contributed by atoms with Crippen molar-refractivity contribution < 1.29 is 44.0 Å². The Morgan fingerprint density at radius 3 is 1.04 bits per heavy atom. The lowest BCUT2D eigenvalue weighted by Gasteiger charge is -2.57. The fourth-order valence-electron chi connectivity index (χ4n) is 33.9. The molecule has 0 radical (unpaired) electrons. The van der Waals surface area contributed by atoms with Crippen molar-refractivity contribution in [3.8, 4) is 5.69 Å². The molecule has 0 saturated heterocycles. The van der Waals surface area contributed by atoms with Crippen molar-refractivity contribution >= 4 is 23.1 Å². The number of carbonyl (C=O) groups excluding carboxylic acids is 4. The quantitative estimate of drug-likeness (QED) is 0.0991. The largest absolute Gasteiger partial charge is 0.383 e. The van der Waals surface area contributed by atoms with Gasteiger partial charge in [0, 0.05) is 47.3 Å². The van der Waals surface area contributed by atoms with Gasteiger partial charge in [0.25, 0.3) is 0 Å². The highest BCUT2D eigenvalue weighted by Crippen LogP contribution is 2.74. The molecule has 20 nitrogen and oxygen atoms in total. The fourth-order valence-corrected chi connectivity index (χ4v) is 33.9. The van der Waals surface area contributed by atoms with Crippen LogP contribution < -0.4 is 0 Å². The van der Waals surface area contributed by atoms with Crippen LogP contribution in [0.15, 0.2) is 156 Å². The molecule has 24 rings (SSSR count). The second-order valence-electron chi connectivity index (χ2n) is 46.3. The van der Waals surface area contributed by atoms with Gasteiger partial charge in [0.05, 0.1) is 49.6 Å². The number of hydrogen-bond donors (Lipinski definition) is 4. The van der Waals surface area contributed by atoms with Gasteiger partial charge in [-0.1, -0.05) is 178 Å². The molecule has 4 heterocycles. The number of benzene rings is 3. The van der Waals surface area contributed by atoms with Crippen molar-refractivity contribution in [1.82, 2.24) is 60.0 Å². The molecule has 0 spiro atoms. The van der Waals surface area contributed by atoms with E-state index < -0.39 is 22.4 Å². The van der Waals surface area contributed by atoms with E-state index >= 15 is 0 Å². The van der Waals surface area contributed by atoms with Gasteiger partial charge in [-0.05, 0) is 345 Å². The van der Waals surface area contributed by atoms with Crippen molar-refractivity contribution in [1.29, 1.82) is 0 Å². The normalized spacial score (nSPS) is 41.1. The molecule has 7 aromatic rings. The molecule has 696 valence electrons. The molecule has 4 N–H and O–H groups in total. The molecule has 0 bridgehead atoms. The standard InChI is InChI=1S/C28H34FN3O2.C28H35N3O2.C27H39N3O2.C27H33N3O2/c1-17-13-19-14-21(33)7-8-22(19)23-9-11-27(2)24(26(17)23)10-12-28(27,34)25-16-32(31-30-25)15-18-3-5-20(29)6-4-18;1-18-14-20-15-21(32)8-9-22(20)23-10-12-27(2)24(26(18)23)11-13-28(27,33)25-17-31(30-29-25)16-19-6-4-3-5-7-19;2*1-17-14-18-15-20(31)8-9-21(18)22-10-12-26(2)23(25(17)22)11-13-27(26,32)24-16-30(29-28-24)19-6-4-3-5-7-19/h3-6,14,16-17,22-24,26,34H,7-13,15H2,1-2H3;3-7,15,17-18,22-24,26,33H,8-14,16H2,1-2H3;15-17,19,21-23,25,32H,3-14H2,1-2H3;3-7,15-17,21-23,25,32H,8-14H2,1-2H3/t17-,22?,23?,24?,26?,27+,28-;18-,22?,23?,24?,26?,27+,28-;2*17-,21?,22?,23?,25?,26+,27-/m1111/s1. The van der Waals surface area contributed by atoms with Gasteiger partial charge in [0.15, 0.2) is 23.1 Å². The number of aliphatic hydroxyl groups is 4. The highest BCUT2D eigenvalue weighted by Gasteiger charge is 2.70. The van der Waals surface area contributed by atoms with Crippen LogP contribution >= 0.6 is 0 Å². The number of allylic oxidation sites excluding steroid dienone is 4. The zero-order chi connectivity index (χ0) is 90.6. The number of ketones is 4. The first-order chi connectivity index (χ1) is 63.0. The lowest BCUT2D eigenvalue weighted by molar-refractivity contribution is -0.134. The lowest BCUT2D eigenvalue weighted by Crippen LogP contribution is -2.53. The van der Waals surface area contributed by atoms with Crippen LogP contribution in [0.25, 0.3) is 5.69 Å². The Bertz CT molecular complexity index is 5590. The maximum Gasteiger partial charge on any atom is 0.155 e. The van der Waals surface area contributed by atoms with Gasteiger partial charge in [-0.3, -0.25) is 19.2 Å². The molecule has 17 aliphatic carbocycles. The summed E-state index contributed by atoms with van der Waals surface area (Å²) in [5.74, 6) is 12.6. The van der Waals surface area contributed by atoms with Gasteiger partial charge < -0.3 is 20.4 Å². The highest BCUT2D eigenvalue weighted by atomic mass is 19.1. The summed E-state index contributed by atoms with van der Waals surface area (Å²) in [5.41, 5.74) is 7.27. The molecule has 3 aromatic carbocycles. The Labute approximate surface area is 773 Å². The number of rotatable bonds is 10. The number of carbonyl (C=O) groups is 4. The van der Waals surface area contributed by atoms with Gasteiger partial charge in [-0.15, -0.1) is 20.4 Å². The van der Waals surface area contributed by atoms with E-state index in [-0.39, 0.29) is 27.5 Å². The molecular formula is C110H141FN12O8. The molecule has 17 aliphatic rings. The van der Waals surface area contributed by atoms with E-state index in [1.54, 1.807) is 21.5 Å². The summed E-state index contributed by atoms with van der Waals surface area (Å²) in [7, 11) is 0. The van der Waals surface area contributed by atoms with Gasteiger partial charge in [-0.2, -0.15) is 0 Å². The van der Waals surface area contributed by atoms with Crippen LogP contribution in [-0.4, -0.2) is 104 Å². The van der Waals surface area contributed by atoms with Crippen molar-refractivity contribution in [3.63, 3.8) is 0 Å². The summed E-state index contributed by atoms with van der Waals surface area (Å²) < 4.78 is 20.7. The van der Waals surface area contributed by atoms with E-state index in [4.69, 9.17) is 0 Å². The number of fused-ring (bicyclic) bond motifs is 20. The minimum atomic E-state index is -0.984. The van der Waals surface area contributed by atoms with Crippen molar-refractivity contribution in [2.45, 2.75) is 309 Å². The molecule has 13 saturated carbocycles. The zero-order valence-corrected chi connectivity index (χ0v) is 78.7. The highest BCUT2D eigenvalue weighted by molar-refractivity contribution is 5.93. The number of hydrogen-bond acceptors (Lipinski definition) is 16. The topological polar surface area (TPSA) is 272 Å². The van der Waals surface area contributed by atoms with Gasteiger partial charge in [0.1, 0.15) is 51.0 Å². The molecule has 13 fully saturated rings. The van der Waals surface area contributed by atoms with Crippen LogP contribution in [0.5, 0.6) is 0 Å². The molecule has 4 aromatic heterocycles. The van der Waals surface area contributed by atoms with Crippen molar-refractivity contribution in [2.24, 2.45) is 140 Å². The third-order valence-electron chi connectivity index (χ3n) is 40.4. The predicted molar refractivity (Wildman–Crippen MR) is 497 cm³/mol. The fraction of sp³-hybridized carbons (Fsp3) is 0.655. The molecule has 0 aliphatic heterocycles. The average molecular weight is 1780 g/mol. The monoisotopic (exact) mass is 1780 g/mol. The summed E-state index contributed by atoms with van der Waals surface area (Å²) in [4.78, 5) is 48.2. The van der Waals surface area contributed by atoms with Crippen LogP contribution in [0.2, 0.25) is 0 Å². The third kappa shape index (κ3) is 14.9. The number of halogens is 1. The summed E-state index contributed by atoms with van der Waals surface area (Å²) in [6.07, 6.45) is 49.0. The van der Waals surface area contributed by atoms with Gasteiger partial charge >= 0.3 is 0 Å². The minimum absolute atomic E-state index is 0.137. The Kier molecular flexibility index (Phi) is 23.3. The van der Waals surface area contributed by atoms with E-state index in [9.17, 15) is 44.0 Å². The minimum Gasteiger partial charge on any atom is -0.383 e. The Morgan fingerprint density at radius 2 is 0.672 bits per heavy atom. The number of para-hydroxylation sites is 1. The van der Waals surface area contributed by atoms with E-state index in [0.29, 0.717) is 192 Å². The van der Waals surface area contributed by atoms with Crippen LogP contribution in [0.1, 0.15) is 307 Å².